The predicted molar refractivity (Wildman–Crippen MR) is 91.0 cm³/mol. The molecule has 3 aromatic rings. The highest BCUT2D eigenvalue weighted by atomic mass is 19.1. The van der Waals surface area contributed by atoms with Crippen molar-refractivity contribution in [3.63, 3.8) is 0 Å². The summed E-state index contributed by atoms with van der Waals surface area (Å²) >= 11 is 0. The van der Waals surface area contributed by atoms with Gasteiger partial charge in [-0.15, -0.1) is 0 Å². The van der Waals surface area contributed by atoms with Crippen LogP contribution in [0.2, 0.25) is 0 Å². The van der Waals surface area contributed by atoms with Gasteiger partial charge in [-0.1, -0.05) is 36.4 Å². The largest absolute Gasteiger partial charge is 0.351 e. The lowest BCUT2D eigenvalue weighted by atomic mass is 9.96. The van der Waals surface area contributed by atoms with E-state index in [1.807, 2.05) is 30.3 Å². The number of nitrogens with one attached hydrogen (secondary N) is 1. The van der Waals surface area contributed by atoms with Crippen LogP contribution < -0.4 is 5.32 Å². The van der Waals surface area contributed by atoms with E-state index in [1.54, 1.807) is 0 Å². The zero-order valence-electron chi connectivity index (χ0n) is 13.0. The first kappa shape index (κ1) is 15.2. The maximum absolute atomic E-state index is 13.7. The molecule has 1 nitrogen and oxygen atoms in total. The van der Waals surface area contributed by atoms with E-state index in [1.165, 1.54) is 34.9 Å². The summed E-state index contributed by atoms with van der Waals surface area (Å²) in [6, 6.07) is 17.6. The minimum absolute atomic E-state index is 0.132. The summed E-state index contributed by atoms with van der Waals surface area (Å²) in [5, 5.41) is 2.80. The van der Waals surface area contributed by atoms with Crippen molar-refractivity contribution in [3.8, 4) is 11.1 Å². The number of aryl methyl sites for hydroxylation is 2. The van der Waals surface area contributed by atoms with E-state index in [9.17, 15) is 8.78 Å². The lowest BCUT2D eigenvalue weighted by Gasteiger charge is -2.12. The Morgan fingerprint density at radius 2 is 1.22 bits per heavy atom. The summed E-state index contributed by atoms with van der Waals surface area (Å²) < 4.78 is 27.4. The number of hydrogen-bond donors (Lipinski definition) is 1. The van der Waals surface area contributed by atoms with E-state index < -0.39 is 11.6 Å². The van der Waals surface area contributed by atoms with E-state index in [0.29, 0.717) is 5.69 Å². The average Bonchev–Trinajstić information content (AvgIpc) is 2.52. The third-order valence-electron chi connectivity index (χ3n) is 3.89. The number of rotatable bonds is 3. The normalized spacial score (nSPS) is 10.6. The lowest BCUT2D eigenvalue weighted by molar-refractivity contribution is 0.591. The highest BCUT2D eigenvalue weighted by Gasteiger charge is 2.09. The summed E-state index contributed by atoms with van der Waals surface area (Å²) in [4.78, 5) is 0. The highest BCUT2D eigenvalue weighted by Crippen LogP contribution is 2.29. The van der Waals surface area contributed by atoms with Gasteiger partial charge in [-0.05, 0) is 60.4 Å². The molecule has 0 aliphatic heterocycles. The molecule has 23 heavy (non-hydrogen) atoms. The SMILES string of the molecule is Cc1cccc(C)c1-c1ccc(Nc2c(F)cccc2F)cc1. The minimum atomic E-state index is -0.608. The summed E-state index contributed by atoms with van der Waals surface area (Å²) in [5.41, 5.74) is 5.18. The summed E-state index contributed by atoms with van der Waals surface area (Å²) in [6.07, 6.45) is 0. The van der Waals surface area contributed by atoms with E-state index in [0.717, 1.165) is 5.56 Å². The average molecular weight is 309 g/mol. The topological polar surface area (TPSA) is 12.0 Å². The molecule has 0 aliphatic carbocycles. The van der Waals surface area contributed by atoms with Crippen molar-refractivity contribution in [2.24, 2.45) is 0 Å². The zero-order valence-corrected chi connectivity index (χ0v) is 13.0. The molecule has 116 valence electrons. The van der Waals surface area contributed by atoms with Gasteiger partial charge in [-0.25, -0.2) is 8.78 Å². The maximum atomic E-state index is 13.7. The second-order valence-electron chi connectivity index (χ2n) is 5.57. The van der Waals surface area contributed by atoms with Crippen molar-refractivity contribution in [2.75, 3.05) is 5.32 Å². The lowest BCUT2D eigenvalue weighted by Crippen LogP contribution is -1.97. The van der Waals surface area contributed by atoms with Crippen LogP contribution in [0, 0.1) is 25.5 Å². The Morgan fingerprint density at radius 3 is 1.78 bits per heavy atom. The number of para-hydroxylation sites is 1. The standard InChI is InChI=1S/C20H17F2N/c1-13-5-3-6-14(2)19(13)15-9-11-16(12-10-15)23-20-17(21)7-4-8-18(20)22/h3-12,23H,1-2H3. The van der Waals surface area contributed by atoms with Gasteiger partial charge in [0, 0.05) is 5.69 Å². The molecule has 0 aliphatic rings. The molecule has 0 saturated heterocycles. The van der Waals surface area contributed by atoms with Crippen molar-refractivity contribution < 1.29 is 8.78 Å². The van der Waals surface area contributed by atoms with Crippen molar-refractivity contribution in [2.45, 2.75) is 13.8 Å². The minimum Gasteiger partial charge on any atom is -0.351 e. The van der Waals surface area contributed by atoms with E-state index in [4.69, 9.17) is 0 Å². The first-order valence-electron chi connectivity index (χ1n) is 7.44. The van der Waals surface area contributed by atoms with Gasteiger partial charge in [0.25, 0.3) is 0 Å². The van der Waals surface area contributed by atoms with Gasteiger partial charge in [0.05, 0.1) is 0 Å². The van der Waals surface area contributed by atoms with Crippen LogP contribution in [0.5, 0.6) is 0 Å². The predicted octanol–water partition coefficient (Wildman–Crippen LogP) is 5.99. The molecule has 0 radical (unpaired) electrons. The molecule has 0 saturated carbocycles. The van der Waals surface area contributed by atoms with Crippen molar-refractivity contribution in [1.82, 2.24) is 0 Å². The van der Waals surface area contributed by atoms with Crippen molar-refractivity contribution >= 4 is 11.4 Å². The molecule has 0 heterocycles. The van der Waals surface area contributed by atoms with Crippen molar-refractivity contribution in [3.05, 3.63) is 83.4 Å². The number of halogens is 2. The van der Waals surface area contributed by atoms with Gasteiger partial charge in [0.2, 0.25) is 0 Å². The molecular weight excluding hydrogens is 292 g/mol. The molecule has 0 unspecified atom stereocenters. The second kappa shape index (κ2) is 6.21. The van der Waals surface area contributed by atoms with E-state index in [-0.39, 0.29) is 5.69 Å². The number of anilines is 2. The zero-order chi connectivity index (χ0) is 16.4. The highest BCUT2D eigenvalue weighted by molar-refractivity contribution is 5.73. The Hall–Kier alpha value is -2.68. The van der Waals surface area contributed by atoms with Crippen LogP contribution in [-0.2, 0) is 0 Å². The fourth-order valence-corrected chi connectivity index (χ4v) is 2.75. The Kier molecular flexibility index (Phi) is 4.11. The Morgan fingerprint density at radius 1 is 0.696 bits per heavy atom. The third kappa shape index (κ3) is 3.09. The molecule has 3 aromatic carbocycles. The van der Waals surface area contributed by atoms with E-state index >= 15 is 0 Å². The van der Waals surface area contributed by atoms with Crippen LogP contribution in [-0.4, -0.2) is 0 Å². The molecule has 3 heteroatoms. The fourth-order valence-electron chi connectivity index (χ4n) is 2.75. The van der Waals surface area contributed by atoms with Gasteiger partial charge in [0.15, 0.2) is 0 Å². The Bertz CT molecular complexity index is 798. The second-order valence-corrected chi connectivity index (χ2v) is 5.57. The van der Waals surface area contributed by atoms with Gasteiger partial charge in [-0.3, -0.25) is 0 Å². The smallest absolute Gasteiger partial charge is 0.149 e. The van der Waals surface area contributed by atoms with E-state index in [2.05, 4.69) is 31.3 Å². The Balaban J connectivity index is 1.91. The van der Waals surface area contributed by atoms with Crippen LogP contribution in [0.15, 0.2) is 60.7 Å². The maximum Gasteiger partial charge on any atom is 0.149 e. The van der Waals surface area contributed by atoms with Gasteiger partial charge in [-0.2, -0.15) is 0 Å². The molecule has 0 atom stereocenters. The molecule has 0 bridgehead atoms. The van der Waals surface area contributed by atoms with Gasteiger partial charge in [0.1, 0.15) is 17.3 Å². The van der Waals surface area contributed by atoms with Crippen LogP contribution in [0.1, 0.15) is 11.1 Å². The quantitative estimate of drug-likeness (QED) is 0.626. The molecule has 0 amide bonds. The Labute approximate surface area is 134 Å². The summed E-state index contributed by atoms with van der Waals surface area (Å²) in [5.74, 6) is -1.22. The van der Waals surface area contributed by atoms with Gasteiger partial charge < -0.3 is 5.32 Å². The first-order valence-corrected chi connectivity index (χ1v) is 7.44. The van der Waals surface area contributed by atoms with Crippen LogP contribution in [0.3, 0.4) is 0 Å². The third-order valence-corrected chi connectivity index (χ3v) is 3.89. The molecular formula is C20H17F2N. The molecule has 0 spiro atoms. The first-order chi connectivity index (χ1) is 11.1. The summed E-state index contributed by atoms with van der Waals surface area (Å²) in [6.45, 7) is 4.15. The monoisotopic (exact) mass is 309 g/mol. The molecule has 1 N–H and O–H groups in total. The number of benzene rings is 3. The molecule has 0 aromatic heterocycles. The fraction of sp³-hybridized carbons (Fsp3) is 0.100. The van der Waals surface area contributed by atoms with Crippen LogP contribution >= 0.6 is 0 Å². The van der Waals surface area contributed by atoms with Crippen molar-refractivity contribution in [1.29, 1.82) is 0 Å². The number of hydrogen-bond acceptors (Lipinski definition) is 1. The molecule has 3 rings (SSSR count). The van der Waals surface area contributed by atoms with Gasteiger partial charge >= 0.3 is 0 Å². The molecule has 0 fully saturated rings. The van der Waals surface area contributed by atoms with Crippen LogP contribution in [0.4, 0.5) is 20.2 Å². The summed E-state index contributed by atoms with van der Waals surface area (Å²) in [7, 11) is 0. The van der Waals surface area contributed by atoms with Crippen LogP contribution in [0.25, 0.3) is 11.1 Å².